The Morgan fingerprint density at radius 1 is 1.12 bits per heavy atom. The third-order valence-electron chi connectivity index (χ3n) is 3.56. The lowest BCUT2D eigenvalue weighted by molar-refractivity contribution is 0.0963. The molecule has 1 aromatic carbocycles. The number of carbonyl (C=O) groups is 1. The van der Waals surface area contributed by atoms with Gasteiger partial charge in [-0.1, -0.05) is 0 Å². The predicted molar refractivity (Wildman–Crippen MR) is 96.2 cm³/mol. The van der Waals surface area contributed by atoms with Crippen LogP contribution < -0.4 is 21.7 Å². The highest BCUT2D eigenvalue weighted by Crippen LogP contribution is 2.18. The van der Waals surface area contributed by atoms with Crippen molar-refractivity contribution in [3.8, 4) is 0 Å². The van der Waals surface area contributed by atoms with Crippen LogP contribution in [0.1, 0.15) is 16.1 Å². The predicted octanol–water partition coefficient (Wildman–Crippen LogP) is 1.02. The molecule has 0 radical (unpaired) electrons. The second-order valence-corrected chi connectivity index (χ2v) is 5.22. The molecule has 1 amide bonds. The Kier molecular flexibility index (Phi) is 4.55. The summed E-state index contributed by atoms with van der Waals surface area (Å²) in [5.41, 5.74) is 8.85. The van der Waals surface area contributed by atoms with E-state index >= 15 is 0 Å². The minimum Gasteiger partial charge on any atom is -0.379 e. The second-order valence-electron chi connectivity index (χ2n) is 5.22. The van der Waals surface area contributed by atoms with Crippen molar-refractivity contribution in [3.63, 3.8) is 0 Å². The van der Waals surface area contributed by atoms with Gasteiger partial charge in [0.25, 0.3) is 5.91 Å². The molecule has 0 saturated carbocycles. The molecule has 25 heavy (non-hydrogen) atoms. The van der Waals surface area contributed by atoms with E-state index in [-0.39, 0.29) is 11.9 Å². The van der Waals surface area contributed by atoms with E-state index in [4.69, 9.17) is 5.73 Å². The lowest BCUT2D eigenvalue weighted by Gasteiger charge is -2.09. The van der Waals surface area contributed by atoms with Gasteiger partial charge in [-0.2, -0.15) is 9.97 Å². The number of nitrogens with two attached hydrogens (primary N) is 1. The highest BCUT2D eigenvalue weighted by Gasteiger charge is 2.09. The highest BCUT2D eigenvalue weighted by atomic mass is 16.1. The van der Waals surface area contributed by atoms with Crippen molar-refractivity contribution in [3.05, 3.63) is 41.7 Å². The fourth-order valence-electron chi connectivity index (χ4n) is 2.30. The quantitative estimate of drug-likeness (QED) is 0.542. The number of nitrogen functional groups attached to an aromatic ring is 1. The number of carbonyl (C=O) groups excluding carboxylic acids is 1. The molecule has 0 aliphatic heterocycles. The number of amides is 1. The van der Waals surface area contributed by atoms with Crippen molar-refractivity contribution in [2.24, 2.45) is 0 Å². The van der Waals surface area contributed by atoms with Gasteiger partial charge in [-0.25, -0.2) is 9.97 Å². The molecule has 0 spiro atoms. The molecule has 128 valence electrons. The molecule has 0 atom stereocenters. The van der Waals surface area contributed by atoms with Crippen molar-refractivity contribution in [2.45, 2.75) is 6.54 Å². The Labute approximate surface area is 144 Å². The van der Waals surface area contributed by atoms with Gasteiger partial charge in [0.1, 0.15) is 0 Å². The standard InChI is InChI=1S/C16H18N8O/c1-18-13-12-14(24-16(17)23-13)21-8-11(22-12)7-20-10-5-3-9(4-6-10)15(25)19-2/h3-6,8,20H,7H2,1-2H3,(H,19,25)(H3,17,18,21,23,24). The first-order chi connectivity index (χ1) is 12.1. The van der Waals surface area contributed by atoms with Gasteiger partial charge in [0.15, 0.2) is 17.0 Å². The number of hydrogen-bond acceptors (Lipinski definition) is 8. The van der Waals surface area contributed by atoms with Crippen LogP contribution in [0, 0.1) is 0 Å². The largest absolute Gasteiger partial charge is 0.379 e. The first kappa shape index (κ1) is 16.4. The summed E-state index contributed by atoms with van der Waals surface area (Å²) in [6, 6.07) is 7.18. The Morgan fingerprint density at radius 2 is 1.88 bits per heavy atom. The number of nitrogens with zero attached hydrogens (tertiary/aromatic N) is 4. The molecule has 2 aromatic heterocycles. The van der Waals surface area contributed by atoms with E-state index in [0.717, 1.165) is 11.4 Å². The number of rotatable bonds is 5. The lowest BCUT2D eigenvalue weighted by atomic mass is 10.2. The molecule has 3 rings (SSSR count). The molecule has 0 fully saturated rings. The number of anilines is 3. The molecular formula is C16H18N8O. The van der Waals surface area contributed by atoms with E-state index in [9.17, 15) is 4.79 Å². The average Bonchev–Trinajstić information content (AvgIpc) is 2.65. The van der Waals surface area contributed by atoms with Crippen LogP contribution >= 0.6 is 0 Å². The van der Waals surface area contributed by atoms with Gasteiger partial charge < -0.3 is 21.7 Å². The van der Waals surface area contributed by atoms with Gasteiger partial charge >= 0.3 is 0 Å². The minimum absolute atomic E-state index is 0.120. The third-order valence-corrected chi connectivity index (χ3v) is 3.56. The molecular weight excluding hydrogens is 320 g/mol. The lowest BCUT2D eigenvalue weighted by Crippen LogP contribution is -2.17. The molecule has 0 saturated heterocycles. The fraction of sp³-hybridized carbons (Fsp3) is 0.188. The summed E-state index contributed by atoms with van der Waals surface area (Å²) < 4.78 is 0. The topological polar surface area (TPSA) is 131 Å². The number of hydrogen-bond donors (Lipinski definition) is 4. The van der Waals surface area contributed by atoms with E-state index in [1.807, 2.05) is 12.1 Å². The van der Waals surface area contributed by atoms with Crippen molar-refractivity contribution >= 4 is 34.5 Å². The van der Waals surface area contributed by atoms with E-state index in [1.54, 1.807) is 32.4 Å². The second kappa shape index (κ2) is 6.95. The van der Waals surface area contributed by atoms with Crippen LogP contribution in [0.15, 0.2) is 30.5 Å². The van der Waals surface area contributed by atoms with E-state index < -0.39 is 0 Å². The average molecular weight is 338 g/mol. The Bertz CT molecular complexity index is 910. The molecule has 2 heterocycles. The maximum absolute atomic E-state index is 11.5. The van der Waals surface area contributed by atoms with Gasteiger partial charge in [-0.15, -0.1) is 0 Å². The summed E-state index contributed by atoms with van der Waals surface area (Å²) in [4.78, 5) is 28.5. The summed E-state index contributed by atoms with van der Waals surface area (Å²) in [7, 11) is 3.34. The van der Waals surface area contributed by atoms with Crippen molar-refractivity contribution in [1.82, 2.24) is 25.3 Å². The van der Waals surface area contributed by atoms with Gasteiger partial charge in [0.2, 0.25) is 5.95 Å². The molecule has 9 heteroatoms. The molecule has 0 aliphatic rings. The Morgan fingerprint density at radius 3 is 2.56 bits per heavy atom. The van der Waals surface area contributed by atoms with Gasteiger partial charge in [0.05, 0.1) is 18.4 Å². The maximum atomic E-state index is 11.5. The first-order valence-electron chi connectivity index (χ1n) is 7.63. The third kappa shape index (κ3) is 3.55. The minimum atomic E-state index is -0.120. The SMILES string of the molecule is CNC(=O)c1ccc(NCc2cnc3nc(N)nc(NC)c3n2)cc1. The van der Waals surface area contributed by atoms with Crippen LogP contribution in [0.4, 0.5) is 17.5 Å². The summed E-state index contributed by atoms with van der Waals surface area (Å²) in [5.74, 6) is 0.561. The van der Waals surface area contributed by atoms with Crippen molar-refractivity contribution in [1.29, 1.82) is 0 Å². The van der Waals surface area contributed by atoms with Crippen LogP contribution in [0.25, 0.3) is 11.2 Å². The number of aromatic nitrogens is 4. The number of nitrogens with one attached hydrogen (secondary N) is 3. The number of benzene rings is 1. The summed E-state index contributed by atoms with van der Waals surface area (Å²) in [6.45, 7) is 0.468. The molecule has 0 aliphatic carbocycles. The zero-order chi connectivity index (χ0) is 17.8. The zero-order valence-electron chi connectivity index (χ0n) is 13.9. The zero-order valence-corrected chi connectivity index (χ0v) is 13.9. The highest BCUT2D eigenvalue weighted by molar-refractivity contribution is 5.94. The van der Waals surface area contributed by atoms with E-state index in [2.05, 4.69) is 35.9 Å². The van der Waals surface area contributed by atoms with Crippen molar-refractivity contribution in [2.75, 3.05) is 30.5 Å². The monoisotopic (exact) mass is 338 g/mol. The summed E-state index contributed by atoms with van der Waals surface area (Å²) in [5, 5.41) is 8.77. The Balaban J connectivity index is 1.77. The normalized spacial score (nSPS) is 10.5. The van der Waals surface area contributed by atoms with Gasteiger partial charge in [-0.05, 0) is 24.3 Å². The number of fused-ring (bicyclic) bond motifs is 1. The fourth-order valence-corrected chi connectivity index (χ4v) is 2.30. The van der Waals surface area contributed by atoms with Crippen LogP contribution in [0.5, 0.6) is 0 Å². The van der Waals surface area contributed by atoms with Crippen molar-refractivity contribution < 1.29 is 4.79 Å². The molecule has 9 nitrogen and oxygen atoms in total. The van der Waals surface area contributed by atoms with Crippen LogP contribution in [0.2, 0.25) is 0 Å². The van der Waals surface area contributed by atoms with E-state index in [0.29, 0.717) is 29.1 Å². The van der Waals surface area contributed by atoms with Crippen LogP contribution in [-0.4, -0.2) is 39.9 Å². The van der Waals surface area contributed by atoms with E-state index in [1.165, 1.54) is 0 Å². The molecule has 0 unspecified atom stereocenters. The maximum Gasteiger partial charge on any atom is 0.251 e. The van der Waals surface area contributed by atoms with Gasteiger partial charge in [0, 0.05) is 25.3 Å². The van der Waals surface area contributed by atoms with Crippen LogP contribution in [-0.2, 0) is 6.54 Å². The van der Waals surface area contributed by atoms with Gasteiger partial charge in [-0.3, -0.25) is 4.79 Å². The smallest absolute Gasteiger partial charge is 0.251 e. The molecule has 3 aromatic rings. The molecule has 5 N–H and O–H groups in total. The summed E-state index contributed by atoms with van der Waals surface area (Å²) >= 11 is 0. The van der Waals surface area contributed by atoms with Crippen LogP contribution in [0.3, 0.4) is 0 Å². The summed E-state index contributed by atoms with van der Waals surface area (Å²) in [6.07, 6.45) is 1.64. The Hall–Kier alpha value is -3.49. The first-order valence-corrected chi connectivity index (χ1v) is 7.63. The molecule has 0 bridgehead atoms.